The highest BCUT2D eigenvalue weighted by molar-refractivity contribution is 5.96. The van der Waals surface area contributed by atoms with Crippen LogP contribution in [0, 0.1) is 12.7 Å². The van der Waals surface area contributed by atoms with Crippen molar-refractivity contribution in [3.05, 3.63) is 77.6 Å². The van der Waals surface area contributed by atoms with Crippen LogP contribution in [0.2, 0.25) is 0 Å². The van der Waals surface area contributed by atoms with Gasteiger partial charge in [-0.2, -0.15) is 0 Å². The fourth-order valence-corrected chi connectivity index (χ4v) is 3.34. The highest BCUT2D eigenvalue weighted by Crippen LogP contribution is 2.20. The molecule has 6 nitrogen and oxygen atoms in total. The molecule has 1 aliphatic rings. The number of hydrogen-bond acceptors (Lipinski definition) is 4. The number of benzene rings is 2. The van der Waals surface area contributed by atoms with Crippen LogP contribution in [0.1, 0.15) is 26.3 Å². The fraction of sp³-hybridized carbons (Fsp3) is 0.227. The van der Waals surface area contributed by atoms with E-state index in [4.69, 9.17) is 4.42 Å². The van der Waals surface area contributed by atoms with Crippen LogP contribution in [0.15, 0.2) is 59.5 Å². The van der Waals surface area contributed by atoms with Gasteiger partial charge in [0.15, 0.2) is 12.2 Å². The van der Waals surface area contributed by atoms with Crippen LogP contribution in [0.4, 0.5) is 4.39 Å². The smallest absolute Gasteiger partial charge is 0.254 e. The van der Waals surface area contributed by atoms with Gasteiger partial charge in [-0.05, 0) is 36.8 Å². The van der Waals surface area contributed by atoms with E-state index in [1.54, 1.807) is 47.2 Å². The van der Waals surface area contributed by atoms with Gasteiger partial charge in [-0.25, -0.2) is 9.37 Å². The van der Waals surface area contributed by atoms with Crippen molar-refractivity contribution in [3.63, 3.8) is 0 Å². The van der Waals surface area contributed by atoms with Crippen LogP contribution < -0.4 is 0 Å². The van der Waals surface area contributed by atoms with E-state index < -0.39 is 5.82 Å². The first-order chi connectivity index (χ1) is 14.0. The minimum Gasteiger partial charge on any atom is -0.444 e. The van der Waals surface area contributed by atoms with Gasteiger partial charge in [-0.1, -0.05) is 18.2 Å². The standard InChI is InChI=1S/C22H20FN3O3/c1-15-2-3-18(12-19(15)23)22(28)26-10-8-25(9-11-26)21(27)17-6-4-16(5-7-17)20-13-24-14-29-20/h2-7,12-14H,8-11H2,1H3. The van der Waals surface area contributed by atoms with Crippen molar-refractivity contribution in [3.8, 4) is 11.3 Å². The molecule has 1 saturated heterocycles. The predicted octanol–water partition coefficient (Wildman–Crippen LogP) is 3.39. The third kappa shape index (κ3) is 3.89. The van der Waals surface area contributed by atoms with Gasteiger partial charge in [0, 0.05) is 42.9 Å². The van der Waals surface area contributed by atoms with Crippen LogP contribution in [0.3, 0.4) is 0 Å². The maximum Gasteiger partial charge on any atom is 0.254 e. The third-order valence-corrected chi connectivity index (χ3v) is 5.12. The Bertz CT molecular complexity index is 1020. The van der Waals surface area contributed by atoms with Gasteiger partial charge in [-0.15, -0.1) is 0 Å². The van der Waals surface area contributed by atoms with Crippen LogP contribution in [0.25, 0.3) is 11.3 Å². The number of aryl methyl sites for hydroxylation is 1. The van der Waals surface area contributed by atoms with E-state index in [0.29, 0.717) is 48.6 Å². The molecule has 0 radical (unpaired) electrons. The van der Waals surface area contributed by atoms with Gasteiger partial charge in [0.05, 0.1) is 6.20 Å². The maximum atomic E-state index is 13.7. The van der Waals surface area contributed by atoms with Gasteiger partial charge >= 0.3 is 0 Å². The zero-order chi connectivity index (χ0) is 20.4. The van der Waals surface area contributed by atoms with E-state index in [1.807, 2.05) is 12.1 Å². The lowest BCUT2D eigenvalue weighted by atomic mass is 10.1. The lowest BCUT2D eigenvalue weighted by molar-refractivity contribution is 0.0535. The number of carbonyl (C=O) groups excluding carboxylic acids is 2. The Labute approximate surface area is 167 Å². The average Bonchev–Trinajstić information content (AvgIpc) is 3.30. The molecule has 7 heteroatoms. The Morgan fingerprint density at radius 2 is 1.52 bits per heavy atom. The molecule has 1 fully saturated rings. The number of aromatic nitrogens is 1. The molecule has 2 amide bonds. The van der Waals surface area contributed by atoms with Crippen LogP contribution in [-0.4, -0.2) is 52.8 Å². The molecule has 148 valence electrons. The predicted molar refractivity (Wildman–Crippen MR) is 105 cm³/mol. The summed E-state index contributed by atoms with van der Waals surface area (Å²) in [7, 11) is 0. The number of halogens is 1. The average molecular weight is 393 g/mol. The number of piperazine rings is 1. The minimum atomic E-state index is -0.390. The Morgan fingerprint density at radius 1 is 0.931 bits per heavy atom. The second-order valence-electron chi connectivity index (χ2n) is 6.99. The van der Waals surface area contributed by atoms with Crippen LogP contribution in [0.5, 0.6) is 0 Å². The van der Waals surface area contributed by atoms with Gasteiger partial charge in [0.1, 0.15) is 5.82 Å². The topological polar surface area (TPSA) is 66.7 Å². The number of hydrogen-bond donors (Lipinski definition) is 0. The molecule has 0 spiro atoms. The number of amides is 2. The third-order valence-electron chi connectivity index (χ3n) is 5.12. The number of oxazole rings is 1. The SMILES string of the molecule is Cc1ccc(C(=O)N2CCN(C(=O)c3ccc(-c4cnco4)cc3)CC2)cc1F. The summed E-state index contributed by atoms with van der Waals surface area (Å²) in [5, 5.41) is 0. The van der Waals surface area contributed by atoms with Crippen molar-refractivity contribution in [1.82, 2.24) is 14.8 Å². The van der Waals surface area contributed by atoms with Crippen LogP contribution in [-0.2, 0) is 0 Å². The summed E-state index contributed by atoms with van der Waals surface area (Å²) in [5.41, 5.74) is 2.26. The second-order valence-corrected chi connectivity index (χ2v) is 6.99. The van der Waals surface area contributed by atoms with Crippen molar-refractivity contribution >= 4 is 11.8 Å². The quantitative estimate of drug-likeness (QED) is 0.684. The number of carbonyl (C=O) groups is 2. The Balaban J connectivity index is 1.38. The molecule has 1 aromatic heterocycles. The number of nitrogens with zero attached hydrogens (tertiary/aromatic N) is 3. The van der Waals surface area contributed by atoms with Crippen LogP contribution >= 0.6 is 0 Å². The Morgan fingerprint density at radius 3 is 2.07 bits per heavy atom. The largest absolute Gasteiger partial charge is 0.444 e. The van der Waals surface area contributed by atoms with Gasteiger partial charge in [-0.3, -0.25) is 9.59 Å². The summed E-state index contributed by atoms with van der Waals surface area (Å²) in [4.78, 5) is 32.6. The zero-order valence-corrected chi connectivity index (χ0v) is 16.0. The highest BCUT2D eigenvalue weighted by Gasteiger charge is 2.26. The summed E-state index contributed by atoms with van der Waals surface area (Å²) in [5.74, 6) is -0.0443. The molecule has 3 aromatic rings. The maximum absolute atomic E-state index is 13.7. The van der Waals surface area contributed by atoms with E-state index in [-0.39, 0.29) is 11.8 Å². The molecule has 2 heterocycles. The molecule has 4 rings (SSSR count). The molecule has 29 heavy (non-hydrogen) atoms. The lowest BCUT2D eigenvalue weighted by Gasteiger charge is -2.35. The molecule has 1 aliphatic heterocycles. The summed E-state index contributed by atoms with van der Waals surface area (Å²) in [6.45, 7) is 3.35. The van der Waals surface area contributed by atoms with E-state index in [2.05, 4.69) is 4.98 Å². The summed E-state index contributed by atoms with van der Waals surface area (Å²) in [6.07, 6.45) is 2.98. The van der Waals surface area contributed by atoms with Crippen molar-refractivity contribution in [2.24, 2.45) is 0 Å². The zero-order valence-electron chi connectivity index (χ0n) is 16.0. The van der Waals surface area contributed by atoms with Crippen molar-refractivity contribution in [2.45, 2.75) is 6.92 Å². The molecule has 0 bridgehead atoms. The highest BCUT2D eigenvalue weighted by atomic mass is 19.1. The lowest BCUT2D eigenvalue weighted by Crippen LogP contribution is -2.50. The first-order valence-electron chi connectivity index (χ1n) is 9.36. The van der Waals surface area contributed by atoms with Gasteiger partial charge in [0.2, 0.25) is 0 Å². The van der Waals surface area contributed by atoms with E-state index in [0.717, 1.165) is 5.56 Å². The summed E-state index contributed by atoms with van der Waals surface area (Å²) < 4.78 is 19.0. The second kappa shape index (κ2) is 7.87. The summed E-state index contributed by atoms with van der Waals surface area (Å²) in [6, 6.07) is 11.7. The van der Waals surface area contributed by atoms with Gasteiger partial charge < -0.3 is 14.2 Å². The fourth-order valence-electron chi connectivity index (χ4n) is 3.34. The Hall–Kier alpha value is -3.48. The first-order valence-corrected chi connectivity index (χ1v) is 9.36. The molecule has 0 saturated carbocycles. The summed E-state index contributed by atoms with van der Waals surface area (Å²) >= 11 is 0. The molecule has 0 unspecified atom stereocenters. The molecule has 0 aliphatic carbocycles. The molecule has 0 atom stereocenters. The molecule has 0 N–H and O–H groups in total. The molecular formula is C22H20FN3O3. The molecular weight excluding hydrogens is 373 g/mol. The van der Waals surface area contributed by atoms with E-state index in [9.17, 15) is 14.0 Å². The van der Waals surface area contributed by atoms with Crippen molar-refractivity contribution in [1.29, 1.82) is 0 Å². The monoisotopic (exact) mass is 393 g/mol. The Kier molecular flexibility index (Phi) is 5.12. The number of rotatable bonds is 3. The molecule has 2 aromatic carbocycles. The van der Waals surface area contributed by atoms with Crippen molar-refractivity contribution in [2.75, 3.05) is 26.2 Å². The van der Waals surface area contributed by atoms with Gasteiger partial charge in [0.25, 0.3) is 11.8 Å². The van der Waals surface area contributed by atoms with E-state index >= 15 is 0 Å². The van der Waals surface area contributed by atoms with E-state index in [1.165, 1.54) is 12.5 Å². The van der Waals surface area contributed by atoms with Crippen molar-refractivity contribution < 1.29 is 18.4 Å². The first kappa shape index (κ1) is 18.9. The normalized spacial score (nSPS) is 14.1. The minimum absolute atomic E-state index is 0.0809.